The molecule has 0 bridgehead atoms. The van der Waals surface area contributed by atoms with Crippen molar-refractivity contribution in [2.45, 2.75) is 44.8 Å². The Bertz CT molecular complexity index is 386. The highest BCUT2D eigenvalue weighted by atomic mass is 16.3. The third-order valence-corrected chi connectivity index (χ3v) is 3.70. The average Bonchev–Trinajstić information content (AvgIpc) is 2.37. The fourth-order valence-corrected chi connectivity index (χ4v) is 2.58. The van der Waals surface area contributed by atoms with E-state index in [0.717, 1.165) is 37.1 Å². The summed E-state index contributed by atoms with van der Waals surface area (Å²) in [5.41, 5.74) is 1.51. The molecule has 3 nitrogen and oxygen atoms in total. The van der Waals surface area contributed by atoms with Crippen LogP contribution in [0.3, 0.4) is 0 Å². The number of nitrogens with zero attached hydrogens (tertiary/aromatic N) is 1. The third-order valence-electron chi connectivity index (χ3n) is 3.70. The lowest BCUT2D eigenvalue weighted by Crippen LogP contribution is -2.46. The molecule has 1 saturated heterocycles. The Balaban J connectivity index is 2.09. The van der Waals surface area contributed by atoms with Crippen LogP contribution in [0.4, 0.5) is 5.69 Å². The summed E-state index contributed by atoms with van der Waals surface area (Å²) < 4.78 is 0. The van der Waals surface area contributed by atoms with Crippen LogP contribution in [-0.2, 0) is 0 Å². The quantitative estimate of drug-likeness (QED) is 0.865. The molecule has 1 aliphatic heterocycles. The van der Waals surface area contributed by atoms with Crippen LogP contribution >= 0.6 is 0 Å². The number of benzene rings is 1. The van der Waals surface area contributed by atoms with E-state index in [0.29, 0.717) is 6.54 Å². The Morgan fingerprint density at radius 2 is 2.00 bits per heavy atom. The van der Waals surface area contributed by atoms with Crippen LogP contribution in [0.1, 0.15) is 44.8 Å². The lowest BCUT2D eigenvalue weighted by atomic mass is 9.94. The van der Waals surface area contributed by atoms with Crippen LogP contribution < -0.4 is 4.90 Å². The van der Waals surface area contributed by atoms with E-state index < -0.39 is 5.60 Å². The van der Waals surface area contributed by atoms with Crippen molar-refractivity contribution in [2.24, 2.45) is 0 Å². The highest BCUT2D eigenvalue weighted by molar-refractivity contribution is 5.48. The van der Waals surface area contributed by atoms with Crippen LogP contribution in [0.5, 0.6) is 0 Å². The number of aliphatic hydroxyl groups excluding tert-OH is 1. The molecule has 0 aromatic heterocycles. The molecular weight excluding hydrogens is 226 g/mol. The lowest BCUT2D eigenvalue weighted by Gasteiger charge is -2.38. The van der Waals surface area contributed by atoms with E-state index in [-0.39, 0.29) is 6.10 Å². The summed E-state index contributed by atoms with van der Waals surface area (Å²) in [5.74, 6) is 0. The van der Waals surface area contributed by atoms with Gasteiger partial charge in [0.1, 0.15) is 0 Å². The first-order valence-electron chi connectivity index (χ1n) is 6.77. The van der Waals surface area contributed by atoms with E-state index >= 15 is 0 Å². The van der Waals surface area contributed by atoms with Crippen molar-refractivity contribution in [3.8, 4) is 0 Å². The van der Waals surface area contributed by atoms with Crippen molar-refractivity contribution in [1.29, 1.82) is 0 Å². The van der Waals surface area contributed by atoms with Gasteiger partial charge in [-0.1, -0.05) is 19.1 Å². The van der Waals surface area contributed by atoms with Gasteiger partial charge in [-0.25, -0.2) is 0 Å². The number of piperidine rings is 1. The number of aliphatic hydroxyl groups is 2. The number of β-amino-alcohol motifs (C(OH)–C–C–N with tert-alkyl or cyclic N) is 1. The van der Waals surface area contributed by atoms with Crippen LogP contribution in [-0.4, -0.2) is 28.9 Å². The average molecular weight is 249 g/mol. The number of rotatable bonds is 3. The standard InChI is InChI=1S/C15H23NO2/c1-3-14(17)12-5-7-13(8-6-12)16-10-4-9-15(2,18)11-16/h5-8,14,17-18H,3-4,9-11H2,1-2H3. The molecule has 2 rings (SSSR count). The number of anilines is 1. The summed E-state index contributed by atoms with van der Waals surface area (Å²) in [4.78, 5) is 2.21. The van der Waals surface area contributed by atoms with E-state index in [1.807, 2.05) is 38.1 Å². The minimum absolute atomic E-state index is 0.372. The van der Waals surface area contributed by atoms with E-state index in [4.69, 9.17) is 0 Å². The molecule has 3 heteroatoms. The van der Waals surface area contributed by atoms with Crippen molar-refractivity contribution < 1.29 is 10.2 Å². The van der Waals surface area contributed by atoms with Crippen molar-refractivity contribution in [2.75, 3.05) is 18.0 Å². The first-order chi connectivity index (χ1) is 8.52. The Morgan fingerprint density at radius 3 is 2.56 bits per heavy atom. The molecule has 1 fully saturated rings. The largest absolute Gasteiger partial charge is 0.388 e. The Hall–Kier alpha value is -1.06. The molecule has 2 atom stereocenters. The predicted octanol–water partition coefficient (Wildman–Crippen LogP) is 2.48. The van der Waals surface area contributed by atoms with Crippen LogP contribution in [0.25, 0.3) is 0 Å². The minimum Gasteiger partial charge on any atom is -0.388 e. The maximum Gasteiger partial charge on any atom is 0.0794 e. The second kappa shape index (κ2) is 5.29. The zero-order chi connectivity index (χ0) is 13.2. The van der Waals surface area contributed by atoms with Gasteiger partial charge < -0.3 is 15.1 Å². The van der Waals surface area contributed by atoms with Gasteiger partial charge in [0.2, 0.25) is 0 Å². The van der Waals surface area contributed by atoms with Crippen molar-refractivity contribution in [3.05, 3.63) is 29.8 Å². The molecule has 18 heavy (non-hydrogen) atoms. The first-order valence-corrected chi connectivity index (χ1v) is 6.77. The van der Waals surface area contributed by atoms with Crippen molar-refractivity contribution >= 4 is 5.69 Å². The zero-order valence-electron chi connectivity index (χ0n) is 11.3. The summed E-state index contributed by atoms with van der Waals surface area (Å²) in [6.07, 6.45) is 2.25. The van der Waals surface area contributed by atoms with Gasteiger partial charge in [0, 0.05) is 18.8 Å². The summed E-state index contributed by atoms with van der Waals surface area (Å²) in [6.45, 7) is 5.54. The van der Waals surface area contributed by atoms with E-state index in [1.54, 1.807) is 0 Å². The van der Waals surface area contributed by atoms with Gasteiger partial charge in [-0.3, -0.25) is 0 Å². The Labute approximate surface area is 109 Å². The van der Waals surface area contributed by atoms with Gasteiger partial charge in [-0.15, -0.1) is 0 Å². The Kier molecular flexibility index (Phi) is 3.93. The maximum atomic E-state index is 10.1. The van der Waals surface area contributed by atoms with Gasteiger partial charge in [0.05, 0.1) is 11.7 Å². The second-order valence-corrected chi connectivity index (χ2v) is 5.54. The number of hydrogen-bond acceptors (Lipinski definition) is 3. The maximum absolute atomic E-state index is 10.1. The SMILES string of the molecule is CCC(O)c1ccc(N2CCCC(C)(O)C2)cc1. The predicted molar refractivity (Wildman–Crippen MR) is 73.8 cm³/mol. The molecule has 0 amide bonds. The molecule has 2 unspecified atom stereocenters. The highest BCUT2D eigenvalue weighted by Gasteiger charge is 2.28. The fraction of sp³-hybridized carbons (Fsp3) is 0.600. The zero-order valence-corrected chi connectivity index (χ0v) is 11.3. The normalized spacial score (nSPS) is 26.1. The molecule has 1 aromatic carbocycles. The number of hydrogen-bond donors (Lipinski definition) is 2. The monoisotopic (exact) mass is 249 g/mol. The molecule has 2 N–H and O–H groups in total. The van der Waals surface area contributed by atoms with E-state index in [9.17, 15) is 10.2 Å². The topological polar surface area (TPSA) is 43.7 Å². The molecule has 1 aliphatic rings. The molecule has 0 aliphatic carbocycles. The molecule has 100 valence electrons. The summed E-state index contributed by atoms with van der Waals surface area (Å²) in [5, 5.41) is 19.9. The Morgan fingerprint density at radius 1 is 1.33 bits per heavy atom. The van der Waals surface area contributed by atoms with Crippen LogP contribution in [0.15, 0.2) is 24.3 Å². The summed E-state index contributed by atoms with van der Waals surface area (Å²) >= 11 is 0. The molecule has 0 spiro atoms. The second-order valence-electron chi connectivity index (χ2n) is 5.54. The summed E-state index contributed by atoms with van der Waals surface area (Å²) in [7, 11) is 0. The van der Waals surface area contributed by atoms with Gasteiger partial charge in [0.15, 0.2) is 0 Å². The summed E-state index contributed by atoms with van der Waals surface area (Å²) in [6, 6.07) is 8.03. The van der Waals surface area contributed by atoms with Gasteiger partial charge in [-0.2, -0.15) is 0 Å². The molecular formula is C15H23NO2. The third kappa shape index (κ3) is 3.03. The van der Waals surface area contributed by atoms with Gasteiger partial charge in [0.25, 0.3) is 0 Å². The van der Waals surface area contributed by atoms with Gasteiger partial charge >= 0.3 is 0 Å². The molecule has 0 radical (unpaired) electrons. The smallest absolute Gasteiger partial charge is 0.0794 e. The molecule has 1 aromatic rings. The fourth-order valence-electron chi connectivity index (χ4n) is 2.58. The van der Waals surface area contributed by atoms with Crippen LogP contribution in [0.2, 0.25) is 0 Å². The first kappa shape index (κ1) is 13.4. The van der Waals surface area contributed by atoms with E-state index in [2.05, 4.69) is 4.90 Å². The van der Waals surface area contributed by atoms with Crippen molar-refractivity contribution in [3.63, 3.8) is 0 Å². The van der Waals surface area contributed by atoms with Gasteiger partial charge in [-0.05, 0) is 43.9 Å². The molecule has 0 saturated carbocycles. The van der Waals surface area contributed by atoms with Crippen LogP contribution in [0, 0.1) is 0 Å². The van der Waals surface area contributed by atoms with E-state index in [1.165, 1.54) is 0 Å². The van der Waals surface area contributed by atoms with Crippen molar-refractivity contribution in [1.82, 2.24) is 0 Å². The molecule has 1 heterocycles. The highest BCUT2D eigenvalue weighted by Crippen LogP contribution is 2.27. The lowest BCUT2D eigenvalue weighted by molar-refractivity contribution is 0.0449. The minimum atomic E-state index is -0.583.